The number of carbonyl (C=O) groups is 1. The summed E-state index contributed by atoms with van der Waals surface area (Å²) >= 11 is 1.44. The molecule has 1 N–H and O–H groups in total. The molecular weight excluding hydrogens is 356 g/mol. The Morgan fingerprint density at radius 2 is 1.89 bits per heavy atom. The van der Waals surface area contributed by atoms with Gasteiger partial charge in [-0.25, -0.2) is 4.98 Å². The maximum Gasteiger partial charge on any atom is 0.226 e. The van der Waals surface area contributed by atoms with Crippen LogP contribution in [-0.4, -0.2) is 17.5 Å². The number of amides is 1. The van der Waals surface area contributed by atoms with Crippen LogP contribution in [0.15, 0.2) is 60.0 Å². The lowest BCUT2D eigenvalue weighted by molar-refractivity contribution is -0.116. The first-order valence-corrected chi connectivity index (χ1v) is 10.1. The van der Waals surface area contributed by atoms with Gasteiger partial charge in [0, 0.05) is 17.4 Å². The Kier molecular flexibility index (Phi) is 6.99. The predicted octanol–water partition coefficient (Wildman–Crippen LogP) is 5.56. The van der Waals surface area contributed by atoms with Gasteiger partial charge in [-0.15, -0.1) is 11.3 Å². The number of rotatable bonds is 9. The molecule has 0 aliphatic rings. The first-order chi connectivity index (χ1) is 13.2. The highest BCUT2D eigenvalue weighted by molar-refractivity contribution is 7.14. The van der Waals surface area contributed by atoms with Gasteiger partial charge in [-0.05, 0) is 42.7 Å². The Hall–Kier alpha value is -2.66. The fourth-order valence-electron chi connectivity index (χ4n) is 2.60. The largest absolute Gasteiger partial charge is 0.494 e. The van der Waals surface area contributed by atoms with Crippen molar-refractivity contribution < 1.29 is 9.53 Å². The van der Waals surface area contributed by atoms with E-state index in [1.807, 2.05) is 60.0 Å². The van der Waals surface area contributed by atoms with Gasteiger partial charge in [-0.1, -0.05) is 43.7 Å². The molecule has 0 aliphatic heterocycles. The summed E-state index contributed by atoms with van der Waals surface area (Å²) in [6, 6.07) is 17.9. The smallest absolute Gasteiger partial charge is 0.226 e. The molecular formula is C22H24N2O2S. The second-order valence-corrected chi connectivity index (χ2v) is 7.16. The molecule has 5 heteroatoms. The zero-order chi connectivity index (χ0) is 18.9. The predicted molar refractivity (Wildman–Crippen MR) is 111 cm³/mol. The second kappa shape index (κ2) is 9.88. The SMILES string of the molecule is CCCCOc1ccc(-c2csc(NC(=O)CCc3ccccc3)n2)cc1. The van der Waals surface area contributed by atoms with E-state index >= 15 is 0 Å². The molecule has 1 amide bonds. The van der Waals surface area contributed by atoms with E-state index in [4.69, 9.17) is 4.74 Å². The molecule has 0 spiro atoms. The maximum atomic E-state index is 12.1. The van der Waals surface area contributed by atoms with Crippen LogP contribution in [0.5, 0.6) is 5.75 Å². The molecule has 0 bridgehead atoms. The lowest BCUT2D eigenvalue weighted by atomic mass is 10.1. The van der Waals surface area contributed by atoms with Crippen molar-refractivity contribution in [3.8, 4) is 17.0 Å². The van der Waals surface area contributed by atoms with Crippen molar-refractivity contribution in [3.05, 3.63) is 65.5 Å². The van der Waals surface area contributed by atoms with Crippen LogP contribution in [0.4, 0.5) is 5.13 Å². The number of anilines is 1. The van der Waals surface area contributed by atoms with E-state index in [2.05, 4.69) is 17.2 Å². The number of nitrogens with zero attached hydrogens (tertiary/aromatic N) is 1. The van der Waals surface area contributed by atoms with E-state index in [0.29, 0.717) is 11.6 Å². The molecule has 1 heterocycles. The Morgan fingerprint density at radius 3 is 2.63 bits per heavy atom. The van der Waals surface area contributed by atoms with E-state index in [0.717, 1.165) is 48.4 Å². The van der Waals surface area contributed by atoms with Crippen molar-refractivity contribution in [3.63, 3.8) is 0 Å². The number of ether oxygens (including phenoxy) is 1. The molecule has 0 aliphatic carbocycles. The first-order valence-electron chi connectivity index (χ1n) is 9.27. The summed E-state index contributed by atoms with van der Waals surface area (Å²) in [4.78, 5) is 16.7. The number of carbonyl (C=O) groups excluding carboxylic acids is 1. The fourth-order valence-corrected chi connectivity index (χ4v) is 3.34. The van der Waals surface area contributed by atoms with Gasteiger partial charge in [-0.2, -0.15) is 0 Å². The number of aryl methyl sites for hydroxylation is 1. The maximum absolute atomic E-state index is 12.1. The minimum Gasteiger partial charge on any atom is -0.494 e. The Morgan fingerprint density at radius 1 is 1.11 bits per heavy atom. The first kappa shape index (κ1) is 19.1. The van der Waals surface area contributed by atoms with Crippen molar-refractivity contribution in [2.75, 3.05) is 11.9 Å². The van der Waals surface area contributed by atoms with Gasteiger partial charge in [-0.3, -0.25) is 4.79 Å². The quantitative estimate of drug-likeness (QED) is 0.494. The van der Waals surface area contributed by atoms with Crippen molar-refractivity contribution in [1.82, 2.24) is 4.98 Å². The number of hydrogen-bond acceptors (Lipinski definition) is 4. The standard InChI is InChI=1S/C22H24N2O2S/c1-2-3-15-26-19-12-10-18(11-13-19)20-16-27-22(23-20)24-21(25)14-9-17-7-5-4-6-8-17/h4-8,10-13,16H,2-3,9,14-15H2,1H3,(H,23,24,25). The minimum absolute atomic E-state index is 0.0144. The Labute approximate surface area is 164 Å². The fraction of sp³-hybridized carbons (Fsp3) is 0.273. The van der Waals surface area contributed by atoms with Gasteiger partial charge in [0.05, 0.1) is 12.3 Å². The highest BCUT2D eigenvalue weighted by Crippen LogP contribution is 2.26. The molecule has 0 radical (unpaired) electrons. The van der Waals surface area contributed by atoms with Crippen LogP contribution < -0.4 is 10.1 Å². The summed E-state index contributed by atoms with van der Waals surface area (Å²) in [5.74, 6) is 0.858. The summed E-state index contributed by atoms with van der Waals surface area (Å²) in [7, 11) is 0. The van der Waals surface area contributed by atoms with Gasteiger partial charge < -0.3 is 10.1 Å². The van der Waals surface area contributed by atoms with Gasteiger partial charge in [0.1, 0.15) is 5.75 Å². The zero-order valence-electron chi connectivity index (χ0n) is 15.5. The molecule has 0 atom stereocenters. The summed E-state index contributed by atoms with van der Waals surface area (Å²) in [5, 5.41) is 5.48. The van der Waals surface area contributed by atoms with Crippen LogP contribution in [0.1, 0.15) is 31.7 Å². The Bertz CT molecular complexity index is 844. The lowest BCUT2D eigenvalue weighted by Crippen LogP contribution is -2.12. The zero-order valence-corrected chi connectivity index (χ0v) is 16.3. The third-order valence-electron chi connectivity index (χ3n) is 4.15. The van der Waals surface area contributed by atoms with Gasteiger partial charge >= 0.3 is 0 Å². The molecule has 140 valence electrons. The van der Waals surface area contributed by atoms with Crippen molar-refractivity contribution in [2.45, 2.75) is 32.6 Å². The number of aromatic nitrogens is 1. The molecule has 3 aromatic rings. The molecule has 0 fully saturated rings. The monoisotopic (exact) mass is 380 g/mol. The molecule has 0 saturated carbocycles. The van der Waals surface area contributed by atoms with E-state index < -0.39 is 0 Å². The second-order valence-electron chi connectivity index (χ2n) is 6.30. The van der Waals surface area contributed by atoms with Crippen LogP contribution in [0.2, 0.25) is 0 Å². The van der Waals surface area contributed by atoms with Crippen LogP contribution in [-0.2, 0) is 11.2 Å². The summed E-state index contributed by atoms with van der Waals surface area (Å²) < 4.78 is 5.68. The number of hydrogen-bond donors (Lipinski definition) is 1. The van der Waals surface area contributed by atoms with E-state index in [-0.39, 0.29) is 5.91 Å². The summed E-state index contributed by atoms with van der Waals surface area (Å²) in [6.07, 6.45) is 3.35. The van der Waals surface area contributed by atoms with Crippen LogP contribution in [0.3, 0.4) is 0 Å². The molecule has 1 aromatic heterocycles. The average molecular weight is 381 g/mol. The third kappa shape index (κ3) is 5.93. The summed E-state index contributed by atoms with van der Waals surface area (Å²) in [5.41, 5.74) is 3.03. The molecule has 27 heavy (non-hydrogen) atoms. The molecule has 2 aromatic carbocycles. The third-order valence-corrected chi connectivity index (χ3v) is 4.91. The van der Waals surface area contributed by atoms with Gasteiger partial charge in [0.2, 0.25) is 5.91 Å². The van der Waals surface area contributed by atoms with Crippen molar-refractivity contribution in [1.29, 1.82) is 0 Å². The van der Waals surface area contributed by atoms with Crippen molar-refractivity contribution in [2.24, 2.45) is 0 Å². The van der Waals surface area contributed by atoms with E-state index in [9.17, 15) is 4.79 Å². The van der Waals surface area contributed by atoms with Crippen molar-refractivity contribution >= 4 is 22.4 Å². The highest BCUT2D eigenvalue weighted by atomic mass is 32.1. The number of nitrogens with one attached hydrogen (secondary N) is 1. The topological polar surface area (TPSA) is 51.2 Å². The molecule has 4 nitrogen and oxygen atoms in total. The van der Waals surface area contributed by atoms with E-state index in [1.54, 1.807) is 0 Å². The normalized spacial score (nSPS) is 10.6. The Balaban J connectivity index is 1.52. The van der Waals surface area contributed by atoms with Crippen LogP contribution >= 0.6 is 11.3 Å². The number of benzene rings is 2. The summed E-state index contributed by atoms with van der Waals surface area (Å²) in [6.45, 7) is 2.89. The molecule has 0 saturated heterocycles. The lowest BCUT2D eigenvalue weighted by Gasteiger charge is -2.05. The number of thiazole rings is 1. The minimum atomic E-state index is -0.0144. The average Bonchev–Trinajstić information content (AvgIpc) is 3.16. The highest BCUT2D eigenvalue weighted by Gasteiger charge is 2.08. The molecule has 3 rings (SSSR count). The van der Waals surface area contributed by atoms with Gasteiger partial charge in [0.25, 0.3) is 0 Å². The van der Waals surface area contributed by atoms with Crippen LogP contribution in [0.25, 0.3) is 11.3 Å². The van der Waals surface area contributed by atoms with Gasteiger partial charge in [0.15, 0.2) is 5.13 Å². The number of unbranched alkanes of at least 4 members (excludes halogenated alkanes) is 1. The molecule has 0 unspecified atom stereocenters. The van der Waals surface area contributed by atoms with Crippen LogP contribution in [0, 0.1) is 0 Å². The van der Waals surface area contributed by atoms with E-state index in [1.165, 1.54) is 11.3 Å².